The van der Waals surface area contributed by atoms with Crippen LogP contribution in [0.5, 0.6) is 0 Å². The van der Waals surface area contributed by atoms with Gasteiger partial charge in [0, 0.05) is 24.7 Å². The van der Waals surface area contributed by atoms with Gasteiger partial charge in [0.15, 0.2) is 0 Å². The van der Waals surface area contributed by atoms with Gasteiger partial charge in [-0.3, -0.25) is 9.48 Å². The molecule has 0 aliphatic rings. The van der Waals surface area contributed by atoms with Gasteiger partial charge in [0.05, 0.1) is 10.7 Å². The maximum absolute atomic E-state index is 13.0. The van der Waals surface area contributed by atoms with Crippen LogP contribution in [0.2, 0.25) is 10.0 Å². The third kappa shape index (κ3) is 3.77. The molecule has 0 saturated carbocycles. The Hall–Kier alpha value is -1.78. The fourth-order valence-corrected chi connectivity index (χ4v) is 2.76. The molecule has 0 bridgehead atoms. The Morgan fingerprint density at radius 3 is 2.70 bits per heavy atom. The first-order chi connectivity index (χ1) is 11.0. The highest BCUT2D eigenvalue weighted by atomic mass is 35.5. The van der Waals surface area contributed by atoms with Gasteiger partial charge >= 0.3 is 0 Å². The van der Waals surface area contributed by atoms with Crippen molar-refractivity contribution in [2.45, 2.75) is 26.9 Å². The summed E-state index contributed by atoms with van der Waals surface area (Å²) >= 11 is 12.5. The van der Waals surface area contributed by atoms with E-state index in [9.17, 15) is 4.79 Å². The SMILES string of the molecule is C=CCN(Cc1ccccc1Cl)C(=O)c1c(Cl)c(C)nn1CC. The first kappa shape index (κ1) is 17.6. The Morgan fingerprint density at radius 2 is 2.09 bits per heavy atom. The Morgan fingerprint density at radius 1 is 1.39 bits per heavy atom. The molecule has 0 unspecified atom stereocenters. The number of aromatic nitrogens is 2. The van der Waals surface area contributed by atoms with Gasteiger partial charge in [-0.15, -0.1) is 6.58 Å². The normalized spacial score (nSPS) is 10.6. The lowest BCUT2D eigenvalue weighted by Gasteiger charge is -2.22. The van der Waals surface area contributed by atoms with Gasteiger partial charge in [-0.2, -0.15) is 5.10 Å². The molecular formula is C17H19Cl2N3O. The molecule has 122 valence electrons. The van der Waals surface area contributed by atoms with Gasteiger partial charge in [-0.05, 0) is 25.5 Å². The molecule has 2 rings (SSSR count). The molecule has 0 N–H and O–H groups in total. The van der Waals surface area contributed by atoms with Crippen LogP contribution in [0.25, 0.3) is 0 Å². The first-order valence-corrected chi connectivity index (χ1v) is 8.11. The summed E-state index contributed by atoms with van der Waals surface area (Å²) < 4.78 is 1.63. The molecule has 2 aromatic rings. The first-order valence-electron chi connectivity index (χ1n) is 7.36. The summed E-state index contributed by atoms with van der Waals surface area (Å²) in [7, 11) is 0. The molecule has 0 fully saturated rings. The molecule has 0 atom stereocenters. The molecule has 0 saturated heterocycles. The molecule has 0 aliphatic heterocycles. The van der Waals surface area contributed by atoms with E-state index in [0.29, 0.717) is 41.1 Å². The van der Waals surface area contributed by atoms with E-state index in [0.717, 1.165) is 5.56 Å². The molecule has 0 aliphatic carbocycles. The second kappa shape index (κ2) is 7.66. The number of aryl methyl sites for hydroxylation is 2. The van der Waals surface area contributed by atoms with Crippen LogP contribution in [0, 0.1) is 6.92 Å². The van der Waals surface area contributed by atoms with Gasteiger partial charge < -0.3 is 4.90 Å². The van der Waals surface area contributed by atoms with Crippen molar-refractivity contribution >= 4 is 29.1 Å². The standard InChI is InChI=1S/C17H19Cl2N3O/c1-4-10-21(11-13-8-6-7-9-14(13)18)17(23)16-15(19)12(3)20-22(16)5-2/h4,6-9H,1,5,10-11H2,2-3H3. The van der Waals surface area contributed by atoms with Gasteiger partial charge in [-0.25, -0.2) is 0 Å². The highest BCUT2D eigenvalue weighted by Gasteiger charge is 2.24. The third-order valence-electron chi connectivity index (χ3n) is 3.51. The summed E-state index contributed by atoms with van der Waals surface area (Å²) in [6.07, 6.45) is 1.68. The molecule has 1 heterocycles. The van der Waals surface area contributed by atoms with Crippen LogP contribution >= 0.6 is 23.2 Å². The summed E-state index contributed by atoms with van der Waals surface area (Å²) in [5.74, 6) is -0.183. The van der Waals surface area contributed by atoms with Gasteiger partial charge in [0.1, 0.15) is 5.69 Å². The lowest BCUT2D eigenvalue weighted by molar-refractivity contribution is 0.0750. The number of amides is 1. The fraction of sp³-hybridized carbons (Fsp3) is 0.294. The molecule has 0 spiro atoms. The highest BCUT2D eigenvalue weighted by molar-refractivity contribution is 6.34. The van der Waals surface area contributed by atoms with E-state index in [1.165, 1.54) is 0 Å². The smallest absolute Gasteiger partial charge is 0.274 e. The van der Waals surface area contributed by atoms with Gasteiger partial charge in [-0.1, -0.05) is 47.5 Å². The van der Waals surface area contributed by atoms with Crippen LogP contribution < -0.4 is 0 Å². The summed E-state index contributed by atoms with van der Waals surface area (Å²) in [6, 6.07) is 7.46. The topological polar surface area (TPSA) is 38.1 Å². The van der Waals surface area contributed by atoms with Crippen LogP contribution in [-0.2, 0) is 13.1 Å². The van der Waals surface area contributed by atoms with Crippen LogP contribution in [0.15, 0.2) is 36.9 Å². The number of hydrogen-bond donors (Lipinski definition) is 0. The quantitative estimate of drug-likeness (QED) is 0.725. The molecule has 23 heavy (non-hydrogen) atoms. The van der Waals surface area contributed by atoms with E-state index in [1.54, 1.807) is 28.6 Å². The average Bonchev–Trinajstić information content (AvgIpc) is 2.83. The zero-order valence-corrected chi connectivity index (χ0v) is 14.7. The van der Waals surface area contributed by atoms with E-state index in [-0.39, 0.29) is 5.91 Å². The van der Waals surface area contributed by atoms with Gasteiger partial charge in [0.2, 0.25) is 0 Å². The maximum Gasteiger partial charge on any atom is 0.274 e. The summed E-state index contributed by atoms with van der Waals surface area (Å²) in [5.41, 5.74) is 1.92. The molecule has 4 nitrogen and oxygen atoms in total. The lowest BCUT2D eigenvalue weighted by Crippen LogP contribution is -2.32. The van der Waals surface area contributed by atoms with Gasteiger partial charge in [0.25, 0.3) is 5.91 Å². The monoisotopic (exact) mass is 351 g/mol. The highest BCUT2D eigenvalue weighted by Crippen LogP contribution is 2.24. The minimum atomic E-state index is -0.183. The largest absolute Gasteiger partial charge is 0.329 e. The van der Waals surface area contributed by atoms with Crippen molar-refractivity contribution in [1.82, 2.24) is 14.7 Å². The third-order valence-corrected chi connectivity index (χ3v) is 4.33. The second-order valence-electron chi connectivity index (χ2n) is 5.13. The van der Waals surface area contributed by atoms with Crippen molar-refractivity contribution in [2.75, 3.05) is 6.54 Å². The fourth-order valence-electron chi connectivity index (χ4n) is 2.35. The Balaban J connectivity index is 2.36. The van der Waals surface area contributed by atoms with Crippen molar-refractivity contribution in [2.24, 2.45) is 0 Å². The van der Waals surface area contributed by atoms with E-state index in [4.69, 9.17) is 23.2 Å². The van der Waals surface area contributed by atoms with Crippen LogP contribution in [0.1, 0.15) is 28.7 Å². The number of nitrogens with zero attached hydrogens (tertiary/aromatic N) is 3. The zero-order valence-electron chi connectivity index (χ0n) is 13.2. The molecule has 1 aromatic heterocycles. The van der Waals surface area contributed by atoms with Crippen molar-refractivity contribution < 1.29 is 4.79 Å². The lowest BCUT2D eigenvalue weighted by atomic mass is 10.2. The minimum Gasteiger partial charge on any atom is -0.329 e. The zero-order chi connectivity index (χ0) is 17.0. The van der Waals surface area contributed by atoms with Crippen molar-refractivity contribution in [3.63, 3.8) is 0 Å². The van der Waals surface area contributed by atoms with Crippen LogP contribution in [0.4, 0.5) is 0 Å². The Bertz CT molecular complexity index is 725. The number of benzene rings is 1. The molecule has 0 radical (unpaired) electrons. The number of carbonyl (C=O) groups is 1. The van der Waals surface area contributed by atoms with Crippen molar-refractivity contribution in [3.05, 3.63) is 63.9 Å². The molecular weight excluding hydrogens is 333 g/mol. The minimum absolute atomic E-state index is 0.183. The summed E-state index contributed by atoms with van der Waals surface area (Å²) in [5, 5.41) is 5.32. The number of halogens is 2. The predicted molar refractivity (Wildman–Crippen MR) is 94.0 cm³/mol. The summed E-state index contributed by atoms with van der Waals surface area (Å²) in [4.78, 5) is 14.6. The van der Waals surface area contributed by atoms with E-state index in [2.05, 4.69) is 11.7 Å². The van der Waals surface area contributed by atoms with Crippen LogP contribution in [-0.4, -0.2) is 27.1 Å². The Kier molecular flexibility index (Phi) is 5.85. The average molecular weight is 352 g/mol. The predicted octanol–water partition coefficient (Wildman–Crippen LogP) is 4.35. The van der Waals surface area contributed by atoms with E-state index >= 15 is 0 Å². The number of rotatable bonds is 6. The second-order valence-corrected chi connectivity index (χ2v) is 5.91. The number of carbonyl (C=O) groups excluding carboxylic acids is 1. The summed E-state index contributed by atoms with van der Waals surface area (Å²) in [6.45, 7) is 8.79. The maximum atomic E-state index is 13.0. The number of hydrogen-bond acceptors (Lipinski definition) is 2. The van der Waals surface area contributed by atoms with Crippen molar-refractivity contribution in [3.8, 4) is 0 Å². The molecule has 1 amide bonds. The van der Waals surface area contributed by atoms with Crippen molar-refractivity contribution in [1.29, 1.82) is 0 Å². The van der Waals surface area contributed by atoms with Crippen LogP contribution in [0.3, 0.4) is 0 Å². The molecule has 6 heteroatoms. The molecule has 1 aromatic carbocycles. The Labute approximate surface area is 146 Å². The van der Waals surface area contributed by atoms with E-state index in [1.807, 2.05) is 25.1 Å². The van der Waals surface area contributed by atoms with E-state index < -0.39 is 0 Å².